The summed E-state index contributed by atoms with van der Waals surface area (Å²) < 4.78 is 18.7. The molecule has 0 spiro atoms. The fraction of sp³-hybridized carbons (Fsp3) is 0.238. The number of benzene rings is 2. The maximum atomic E-state index is 14.9. The highest BCUT2D eigenvalue weighted by molar-refractivity contribution is 7.03. The lowest BCUT2D eigenvalue weighted by Gasteiger charge is -2.33. The van der Waals surface area contributed by atoms with Crippen molar-refractivity contribution in [2.24, 2.45) is 0 Å². The zero-order chi connectivity index (χ0) is 21.9. The van der Waals surface area contributed by atoms with E-state index in [1.807, 2.05) is 0 Å². The van der Waals surface area contributed by atoms with Gasteiger partial charge >= 0.3 is 0 Å². The number of hydrogen-bond donors (Lipinski definition) is 1. The van der Waals surface area contributed by atoms with Crippen LogP contribution in [-0.4, -0.2) is 26.9 Å². The SMILES string of the molecule is CC(C)(C)NC(=O)C(c1c(F)cccc1Cl)N(C(=O)c1csnn1)c1ccccc1. The first-order valence-corrected chi connectivity index (χ1v) is 10.3. The fourth-order valence-electron chi connectivity index (χ4n) is 2.94. The summed E-state index contributed by atoms with van der Waals surface area (Å²) in [6.45, 7) is 5.39. The monoisotopic (exact) mass is 446 g/mol. The molecule has 0 aliphatic carbocycles. The van der Waals surface area contributed by atoms with Crippen LogP contribution in [0.15, 0.2) is 53.9 Å². The second kappa shape index (κ2) is 8.89. The van der Waals surface area contributed by atoms with Gasteiger partial charge < -0.3 is 5.32 Å². The molecule has 1 aromatic heterocycles. The Balaban J connectivity index is 2.23. The van der Waals surface area contributed by atoms with Crippen molar-refractivity contribution < 1.29 is 14.0 Å². The van der Waals surface area contributed by atoms with Crippen LogP contribution in [0, 0.1) is 5.82 Å². The van der Waals surface area contributed by atoms with E-state index in [9.17, 15) is 14.0 Å². The summed E-state index contributed by atoms with van der Waals surface area (Å²) in [7, 11) is 0. The van der Waals surface area contributed by atoms with E-state index in [4.69, 9.17) is 11.6 Å². The third-order valence-corrected chi connectivity index (χ3v) is 4.94. The molecular formula is C21H20ClFN4O2S. The van der Waals surface area contributed by atoms with E-state index in [0.717, 1.165) is 11.5 Å². The number of halogens is 2. The van der Waals surface area contributed by atoms with Gasteiger partial charge in [0.05, 0.1) is 0 Å². The smallest absolute Gasteiger partial charge is 0.280 e. The van der Waals surface area contributed by atoms with Crippen molar-refractivity contribution in [2.45, 2.75) is 32.4 Å². The van der Waals surface area contributed by atoms with Gasteiger partial charge in [0.1, 0.15) is 11.9 Å². The predicted octanol–water partition coefficient (Wildman–Crippen LogP) is 4.63. The van der Waals surface area contributed by atoms with E-state index in [1.54, 1.807) is 51.1 Å². The topological polar surface area (TPSA) is 75.2 Å². The lowest BCUT2D eigenvalue weighted by molar-refractivity contribution is -0.124. The number of para-hydroxylation sites is 1. The molecule has 2 aromatic carbocycles. The van der Waals surface area contributed by atoms with Crippen LogP contribution in [0.3, 0.4) is 0 Å². The van der Waals surface area contributed by atoms with Gasteiger partial charge in [-0.15, -0.1) is 5.10 Å². The Hall–Kier alpha value is -2.84. The Morgan fingerprint density at radius 1 is 1.13 bits per heavy atom. The van der Waals surface area contributed by atoms with E-state index in [1.165, 1.54) is 28.5 Å². The van der Waals surface area contributed by atoms with Gasteiger partial charge in [0.2, 0.25) is 5.91 Å². The van der Waals surface area contributed by atoms with Crippen LogP contribution in [0.2, 0.25) is 5.02 Å². The lowest BCUT2D eigenvalue weighted by Crippen LogP contribution is -2.50. The molecule has 9 heteroatoms. The molecule has 1 heterocycles. The van der Waals surface area contributed by atoms with Crippen molar-refractivity contribution in [3.8, 4) is 0 Å². The first-order valence-electron chi connectivity index (χ1n) is 9.10. The first-order chi connectivity index (χ1) is 14.2. The fourth-order valence-corrected chi connectivity index (χ4v) is 3.64. The highest BCUT2D eigenvalue weighted by Crippen LogP contribution is 2.35. The van der Waals surface area contributed by atoms with Crippen LogP contribution in [0.4, 0.5) is 10.1 Å². The molecule has 1 atom stereocenters. The van der Waals surface area contributed by atoms with Crippen LogP contribution >= 0.6 is 23.1 Å². The summed E-state index contributed by atoms with van der Waals surface area (Å²) in [6, 6.07) is 11.3. The van der Waals surface area contributed by atoms with Gasteiger partial charge in [0.15, 0.2) is 5.69 Å². The number of rotatable bonds is 5. The summed E-state index contributed by atoms with van der Waals surface area (Å²) in [5, 5.41) is 8.18. The standard InChI is InChI=1S/C21H20ClFN4O2S/c1-21(2,3)24-19(28)18(17-14(22)10-7-11-15(17)23)27(13-8-5-4-6-9-13)20(29)16-12-30-26-25-16/h4-12,18H,1-3H3,(H,24,28). The molecule has 0 aliphatic rings. The molecule has 0 aliphatic heterocycles. The van der Waals surface area contributed by atoms with Gasteiger partial charge in [0, 0.05) is 27.2 Å². The minimum atomic E-state index is -1.37. The van der Waals surface area contributed by atoms with Gasteiger partial charge in [-0.2, -0.15) is 0 Å². The van der Waals surface area contributed by atoms with Crippen LogP contribution < -0.4 is 10.2 Å². The molecule has 2 amide bonds. The number of carbonyl (C=O) groups excluding carboxylic acids is 2. The normalized spacial score (nSPS) is 12.3. The molecule has 0 bridgehead atoms. The Kier molecular flexibility index (Phi) is 6.48. The van der Waals surface area contributed by atoms with E-state index in [0.29, 0.717) is 5.69 Å². The van der Waals surface area contributed by atoms with Crippen molar-refractivity contribution in [3.63, 3.8) is 0 Å². The molecular weight excluding hydrogens is 427 g/mol. The molecule has 0 saturated heterocycles. The number of carbonyl (C=O) groups is 2. The average molecular weight is 447 g/mol. The Bertz CT molecular complexity index is 1020. The van der Waals surface area contributed by atoms with E-state index in [2.05, 4.69) is 14.9 Å². The zero-order valence-corrected chi connectivity index (χ0v) is 18.2. The molecule has 156 valence electrons. The third-order valence-electron chi connectivity index (χ3n) is 4.11. The quantitative estimate of drug-likeness (QED) is 0.619. The molecule has 0 fully saturated rings. The Labute approximate surface area is 182 Å². The van der Waals surface area contributed by atoms with Crippen LogP contribution in [-0.2, 0) is 4.79 Å². The minimum absolute atomic E-state index is 0.0363. The summed E-state index contributed by atoms with van der Waals surface area (Å²) >= 11 is 7.32. The van der Waals surface area contributed by atoms with Gasteiger partial charge in [-0.3, -0.25) is 14.5 Å². The molecule has 1 N–H and O–H groups in total. The molecule has 0 radical (unpaired) electrons. The van der Waals surface area contributed by atoms with Crippen LogP contribution in [0.25, 0.3) is 0 Å². The van der Waals surface area contributed by atoms with Crippen molar-refractivity contribution >= 4 is 40.6 Å². The van der Waals surface area contributed by atoms with Crippen LogP contribution in [0.1, 0.15) is 42.9 Å². The first kappa shape index (κ1) is 21.9. The molecule has 3 aromatic rings. The van der Waals surface area contributed by atoms with E-state index >= 15 is 0 Å². The Morgan fingerprint density at radius 2 is 1.83 bits per heavy atom. The largest absolute Gasteiger partial charge is 0.349 e. The highest BCUT2D eigenvalue weighted by Gasteiger charge is 2.38. The summed E-state index contributed by atoms with van der Waals surface area (Å²) in [6.07, 6.45) is 0. The van der Waals surface area contributed by atoms with Gasteiger partial charge in [-0.05, 0) is 56.6 Å². The maximum absolute atomic E-state index is 14.9. The molecule has 0 saturated carbocycles. The number of hydrogen-bond acceptors (Lipinski definition) is 5. The number of nitrogens with zero attached hydrogens (tertiary/aromatic N) is 3. The maximum Gasteiger partial charge on any atom is 0.280 e. The summed E-state index contributed by atoms with van der Waals surface area (Å²) in [4.78, 5) is 28.0. The highest BCUT2D eigenvalue weighted by atomic mass is 35.5. The lowest BCUT2D eigenvalue weighted by atomic mass is 9.99. The summed E-state index contributed by atoms with van der Waals surface area (Å²) in [5.41, 5.74) is -0.282. The molecule has 3 rings (SSSR count). The second-order valence-corrected chi connectivity index (χ2v) is 8.59. The third kappa shape index (κ3) is 4.83. The molecule has 1 unspecified atom stereocenters. The molecule has 6 nitrogen and oxygen atoms in total. The number of nitrogens with one attached hydrogen (secondary N) is 1. The number of anilines is 1. The van der Waals surface area contributed by atoms with Gasteiger partial charge in [0.25, 0.3) is 5.91 Å². The van der Waals surface area contributed by atoms with Gasteiger partial charge in [-0.1, -0.05) is 40.4 Å². The minimum Gasteiger partial charge on any atom is -0.349 e. The van der Waals surface area contributed by atoms with E-state index < -0.39 is 29.2 Å². The average Bonchev–Trinajstić information content (AvgIpc) is 3.21. The number of aromatic nitrogens is 2. The van der Waals surface area contributed by atoms with Crippen molar-refractivity contribution in [1.29, 1.82) is 0 Å². The van der Waals surface area contributed by atoms with Crippen molar-refractivity contribution in [2.75, 3.05) is 4.90 Å². The van der Waals surface area contributed by atoms with Crippen LogP contribution in [0.5, 0.6) is 0 Å². The Morgan fingerprint density at radius 3 is 2.40 bits per heavy atom. The predicted molar refractivity (Wildman–Crippen MR) is 115 cm³/mol. The van der Waals surface area contributed by atoms with E-state index in [-0.39, 0.29) is 16.3 Å². The second-order valence-electron chi connectivity index (χ2n) is 7.58. The van der Waals surface area contributed by atoms with Crippen molar-refractivity contribution in [3.05, 3.63) is 76.0 Å². The van der Waals surface area contributed by atoms with Gasteiger partial charge in [-0.25, -0.2) is 4.39 Å². The number of amides is 2. The van der Waals surface area contributed by atoms with Crippen molar-refractivity contribution in [1.82, 2.24) is 14.9 Å². The summed E-state index contributed by atoms with van der Waals surface area (Å²) in [5.74, 6) is -1.86. The zero-order valence-electron chi connectivity index (χ0n) is 16.6. The molecule has 30 heavy (non-hydrogen) atoms.